The second-order valence-corrected chi connectivity index (χ2v) is 11.5. The van der Waals surface area contributed by atoms with Crippen LogP contribution in [0.2, 0.25) is 0 Å². The predicted octanol–water partition coefficient (Wildman–Crippen LogP) is -0.663. The average molecular weight is 429 g/mol. The molecule has 0 spiro atoms. The fourth-order valence-corrected chi connectivity index (χ4v) is 6.58. The van der Waals surface area contributed by atoms with Gasteiger partial charge < -0.3 is 20.2 Å². The van der Waals surface area contributed by atoms with Gasteiger partial charge in [-0.15, -0.1) is 0 Å². The minimum absolute atomic E-state index is 0.131. The Morgan fingerprint density at radius 1 is 1.24 bits per heavy atom. The van der Waals surface area contributed by atoms with Gasteiger partial charge in [-0.2, -0.15) is 0 Å². The normalized spacial score (nSPS) is 30.7. The van der Waals surface area contributed by atoms with Gasteiger partial charge in [0, 0.05) is 6.54 Å². The lowest BCUT2D eigenvalue weighted by atomic mass is 9.96. The summed E-state index contributed by atoms with van der Waals surface area (Å²) in [5.41, 5.74) is 0. The summed E-state index contributed by atoms with van der Waals surface area (Å²) in [6, 6.07) is -3.17. The number of hydrogen-bond donors (Lipinski definition) is 2. The van der Waals surface area contributed by atoms with Crippen LogP contribution in [0.15, 0.2) is 0 Å². The molecule has 0 bridgehead atoms. The molecule has 11 heteroatoms. The molecule has 3 rings (SSSR count). The predicted molar refractivity (Wildman–Crippen MR) is 101 cm³/mol. The molecule has 0 aromatic rings. The number of carbonyl (C=O) groups excluding carboxylic acids is 3. The van der Waals surface area contributed by atoms with E-state index in [1.54, 1.807) is 13.8 Å². The molecule has 3 saturated heterocycles. The quantitative estimate of drug-likeness (QED) is 0.553. The lowest BCUT2D eigenvalue weighted by Gasteiger charge is -2.39. The maximum atomic E-state index is 13.3. The maximum Gasteiger partial charge on any atom is 0.326 e. The van der Waals surface area contributed by atoms with E-state index in [9.17, 15) is 32.7 Å². The number of nitrogens with zero attached hydrogens (tertiary/aromatic N) is 2. The molecule has 0 radical (unpaired) electrons. The minimum atomic E-state index is -3.72. The van der Waals surface area contributed by atoms with Gasteiger partial charge in [0.1, 0.15) is 23.5 Å². The highest BCUT2D eigenvalue weighted by molar-refractivity contribution is 7.93. The van der Waals surface area contributed by atoms with Gasteiger partial charge in [-0.1, -0.05) is 13.8 Å². The Hall–Kier alpha value is -2.17. The van der Waals surface area contributed by atoms with Crippen LogP contribution in [0.3, 0.4) is 0 Å². The smallest absolute Gasteiger partial charge is 0.326 e. The van der Waals surface area contributed by atoms with Crippen LogP contribution in [-0.4, -0.2) is 81.8 Å². The van der Waals surface area contributed by atoms with Crippen LogP contribution >= 0.6 is 0 Å². The van der Waals surface area contributed by atoms with E-state index in [0.29, 0.717) is 12.8 Å². The van der Waals surface area contributed by atoms with Crippen LogP contribution in [0.1, 0.15) is 47.0 Å². The van der Waals surface area contributed by atoms with Gasteiger partial charge in [0.05, 0.1) is 11.2 Å². The lowest BCUT2D eigenvalue weighted by Crippen LogP contribution is -2.62. The third kappa shape index (κ3) is 3.10. The summed E-state index contributed by atoms with van der Waals surface area (Å²) in [5.74, 6) is -3.07. The van der Waals surface area contributed by atoms with E-state index >= 15 is 0 Å². The first-order valence-electron chi connectivity index (χ1n) is 9.70. The molecule has 3 heterocycles. The number of likely N-dealkylation sites (tertiary alicyclic amines) is 1. The van der Waals surface area contributed by atoms with Crippen molar-refractivity contribution in [2.45, 2.75) is 75.2 Å². The highest BCUT2D eigenvalue weighted by Crippen LogP contribution is 2.46. The van der Waals surface area contributed by atoms with E-state index in [1.807, 2.05) is 0 Å². The van der Waals surface area contributed by atoms with E-state index in [-0.39, 0.29) is 18.9 Å². The van der Waals surface area contributed by atoms with Gasteiger partial charge in [-0.3, -0.25) is 14.4 Å². The van der Waals surface area contributed by atoms with E-state index in [2.05, 4.69) is 5.32 Å². The van der Waals surface area contributed by atoms with Crippen LogP contribution in [0.5, 0.6) is 0 Å². The van der Waals surface area contributed by atoms with E-state index in [4.69, 9.17) is 0 Å². The summed E-state index contributed by atoms with van der Waals surface area (Å²) < 4.78 is 24.0. The van der Waals surface area contributed by atoms with Crippen molar-refractivity contribution in [1.82, 2.24) is 15.1 Å². The first kappa shape index (κ1) is 21.5. The molecule has 162 valence electrons. The number of β-lactam (4-membered cyclic amide) rings is 1. The molecule has 4 unspecified atom stereocenters. The van der Waals surface area contributed by atoms with Gasteiger partial charge in [-0.05, 0) is 32.6 Å². The van der Waals surface area contributed by atoms with Crippen LogP contribution in [-0.2, 0) is 29.0 Å². The zero-order valence-electron chi connectivity index (χ0n) is 16.9. The van der Waals surface area contributed by atoms with Crippen molar-refractivity contribution in [2.75, 3.05) is 6.54 Å². The molecule has 0 aliphatic carbocycles. The number of nitrogens with one attached hydrogen (secondary N) is 1. The Balaban J connectivity index is 1.84. The summed E-state index contributed by atoms with van der Waals surface area (Å²) in [5, 5.41) is 10.8. The van der Waals surface area contributed by atoms with Crippen molar-refractivity contribution < 1.29 is 32.7 Å². The lowest BCUT2D eigenvalue weighted by molar-refractivity contribution is -0.155. The number of amides is 3. The molecule has 10 nitrogen and oxygen atoms in total. The number of hydrogen-bond acceptors (Lipinski definition) is 6. The zero-order chi connectivity index (χ0) is 21.9. The van der Waals surface area contributed by atoms with Crippen molar-refractivity contribution in [1.29, 1.82) is 0 Å². The van der Waals surface area contributed by atoms with Crippen LogP contribution in [0.25, 0.3) is 0 Å². The molecule has 3 aliphatic rings. The third-order valence-electron chi connectivity index (χ3n) is 6.28. The van der Waals surface area contributed by atoms with Crippen molar-refractivity contribution in [3.63, 3.8) is 0 Å². The van der Waals surface area contributed by atoms with Gasteiger partial charge >= 0.3 is 5.97 Å². The first-order chi connectivity index (χ1) is 13.3. The summed E-state index contributed by atoms with van der Waals surface area (Å²) in [6.45, 7) is 6.44. The highest BCUT2D eigenvalue weighted by Gasteiger charge is 2.68. The summed E-state index contributed by atoms with van der Waals surface area (Å²) >= 11 is 0. The number of rotatable bonds is 5. The Labute approximate surface area is 169 Å². The molecular weight excluding hydrogens is 402 g/mol. The monoisotopic (exact) mass is 429 g/mol. The molecule has 29 heavy (non-hydrogen) atoms. The number of carbonyl (C=O) groups is 4. The standard InChI is InChI=1S/C18H27N3O7S/c1-9(2)13(17(25)26)19-15(23)10-6-5-7-20(10)16(24)14-18(3,4)29(27,28)12-8-11(22)21(12)14/h9-10,12-14H,5-8H2,1-4H3,(H,19,23)(H,25,26). The number of carboxylic acid groups (broad SMARTS) is 1. The molecule has 0 aromatic carbocycles. The molecule has 3 amide bonds. The highest BCUT2D eigenvalue weighted by atomic mass is 32.2. The van der Waals surface area contributed by atoms with E-state index < -0.39 is 61.8 Å². The molecule has 0 saturated carbocycles. The Morgan fingerprint density at radius 2 is 1.86 bits per heavy atom. The average Bonchev–Trinajstić information content (AvgIpc) is 3.13. The number of sulfone groups is 1. The molecule has 3 aliphatic heterocycles. The maximum absolute atomic E-state index is 13.3. The Kier molecular flexibility index (Phi) is 5.17. The molecule has 0 aromatic heterocycles. The van der Waals surface area contributed by atoms with Crippen molar-refractivity contribution in [2.24, 2.45) is 5.92 Å². The topological polar surface area (TPSA) is 141 Å². The summed E-state index contributed by atoms with van der Waals surface area (Å²) in [7, 11) is -3.72. The van der Waals surface area contributed by atoms with E-state index in [1.165, 1.54) is 18.7 Å². The molecule has 3 fully saturated rings. The number of carboxylic acids is 1. The van der Waals surface area contributed by atoms with Gasteiger partial charge in [-0.25, -0.2) is 13.2 Å². The van der Waals surface area contributed by atoms with Crippen molar-refractivity contribution in [3.05, 3.63) is 0 Å². The Bertz CT molecular complexity index is 867. The number of aliphatic carboxylic acids is 1. The fourth-order valence-electron chi connectivity index (χ4n) is 4.45. The molecular formula is C18H27N3O7S. The van der Waals surface area contributed by atoms with E-state index in [0.717, 1.165) is 4.90 Å². The molecule has 4 atom stereocenters. The first-order valence-corrected chi connectivity index (χ1v) is 11.2. The molecule has 2 N–H and O–H groups in total. The fraction of sp³-hybridized carbons (Fsp3) is 0.778. The van der Waals surface area contributed by atoms with Gasteiger partial charge in [0.15, 0.2) is 9.84 Å². The second-order valence-electron chi connectivity index (χ2n) is 8.77. The number of fused-ring (bicyclic) bond motifs is 1. The van der Waals surface area contributed by atoms with Gasteiger partial charge in [0.25, 0.3) is 0 Å². The van der Waals surface area contributed by atoms with Crippen molar-refractivity contribution >= 4 is 33.5 Å². The zero-order valence-corrected chi connectivity index (χ0v) is 17.7. The summed E-state index contributed by atoms with van der Waals surface area (Å²) in [6.07, 6.45) is 0.744. The SMILES string of the molecule is CC(C)C(NC(=O)C1CCCN1C(=O)C1N2C(=O)CC2S(=O)(=O)C1(C)C)C(=O)O. The Morgan fingerprint density at radius 3 is 2.38 bits per heavy atom. The second kappa shape index (κ2) is 6.96. The largest absolute Gasteiger partial charge is 0.480 e. The van der Waals surface area contributed by atoms with Crippen LogP contribution < -0.4 is 5.32 Å². The summed E-state index contributed by atoms with van der Waals surface area (Å²) in [4.78, 5) is 51.9. The van der Waals surface area contributed by atoms with Crippen LogP contribution in [0, 0.1) is 5.92 Å². The van der Waals surface area contributed by atoms with Gasteiger partial charge in [0.2, 0.25) is 17.7 Å². The third-order valence-corrected chi connectivity index (χ3v) is 9.08. The van der Waals surface area contributed by atoms with Crippen LogP contribution in [0.4, 0.5) is 0 Å². The minimum Gasteiger partial charge on any atom is -0.480 e. The van der Waals surface area contributed by atoms with Crippen molar-refractivity contribution in [3.8, 4) is 0 Å².